The normalized spacial score (nSPS) is 11.4. The van der Waals surface area contributed by atoms with Crippen molar-refractivity contribution in [2.45, 2.75) is 11.8 Å². The van der Waals surface area contributed by atoms with E-state index in [1.807, 2.05) is 5.32 Å². The molecule has 0 fully saturated rings. The molecule has 10 heteroatoms. The Morgan fingerprint density at radius 1 is 1.33 bits per heavy atom. The highest BCUT2D eigenvalue weighted by atomic mass is 32.2. The Hall–Kier alpha value is -1.91. The number of aromatic nitrogens is 1. The maximum Gasteiger partial charge on any atom is 0.275 e. The summed E-state index contributed by atoms with van der Waals surface area (Å²) in [6.07, 6.45) is 0. The Morgan fingerprint density at radius 3 is 2.33 bits per heavy atom. The van der Waals surface area contributed by atoms with Gasteiger partial charge in [-0.05, 0) is 19.1 Å². The van der Waals surface area contributed by atoms with Gasteiger partial charge in [0, 0.05) is 5.38 Å². The van der Waals surface area contributed by atoms with Crippen LogP contribution in [0.15, 0.2) is 22.4 Å². The summed E-state index contributed by atoms with van der Waals surface area (Å²) < 4.78 is 49.5. The number of halogens is 2. The van der Waals surface area contributed by atoms with Gasteiger partial charge in [-0.3, -0.25) is 4.79 Å². The molecule has 0 bridgehead atoms. The van der Waals surface area contributed by atoms with Crippen LogP contribution in [0, 0.1) is 18.6 Å². The van der Waals surface area contributed by atoms with E-state index >= 15 is 0 Å². The molecule has 1 aromatic carbocycles. The van der Waals surface area contributed by atoms with Crippen LogP contribution < -0.4 is 10.5 Å². The highest BCUT2D eigenvalue weighted by Crippen LogP contribution is 2.23. The molecule has 0 atom stereocenters. The number of carbonyl (C=O) groups is 1. The first-order chi connectivity index (χ1) is 9.68. The summed E-state index contributed by atoms with van der Waals surface area (Å²) >= 11 is 1.20. The molecule has 112 valence electrons. The van der Waals surface area contributed by atoms with E-state index in [0.717, 1.165) is 0 Å². The van der Waals surface area contributed by atoms with Crippen LogP contribution in [0.25, 0.3) is 0 Å². The van der Waals surface area contributed by atoms with E-state index in [1.54, 1.807) is 6.92 Å². The predicted octanol–water partition coefficient (Wildman–Crippen LogP) is 1.63. The number of nitrogens with zero attached hydrogens (tertiary/aromatic N) is 1. The number of hydrogen-bond donors (Lipinski definition) is 2. The molecule has 2 aromatic rings. The van der Waals surface area contributed by atoms with E-state index in [-0.39, 0.29) is 5.69 Å². The number of rotatable bonds is 3. The number of hydrogen-bond acceptors (Lipinski definition) is 5. The third-order valence-corrected chi connectivity index (χ3v) is 4.10. The molecule has 3 N–H and O–H groups in total. The highest BCUT2D eigenvalue weighted by molar-refractivity contribution is 7.89. The van der Waals surface area contributed by atoms with Gasteiger partial charge >= 0.3 is 0 Å². The number of benzene rings is 1. The molecule has 0 radical (unpaired) electrons. The first kappa shape index (κ1) is 15.5. The van der Waals surface area contributed by atoms with E-state index in [4.69, 9.17) is 5.14 Å². The predicted molar refractivity (Wildman–Crippen MR) is 72.5 cm³/mol. The molecule has 0 aliphatic heterocycles. The molecule has 1 amide bonds. The van der Waals surface area contributed by atoms with Crippen LogP contribution in [0.3, 0.4) is 0 Å². The number of nitrogens with two attached hydrogens (primary N) is 1. The summed E-state index contributed by atoms with van der Waals surface area (Å²) in [5, 5.41) is 8.84. The van der Waals surface area contributed by atoms with Crippen molar-refractivity contribution in [1.82, 2.24) is 4.98 Å². The molecule has 0 saturated carbocycles. The lowest BCUT2D eigenvalue weighted by Crippen LogP contribution is -2.17. The smallest absolute Gasteiger partial charge is 0.275 e. The van der Waals surface area contributed by atoms with E-state index in [0.29, 0.717) is 17.1 Å². The topological polar surface area (TPSA) is 102 Å². The quantitative estimate of drug-likeness (QED) is 0.891. The molecular formula is C11H9F2N3O3S2. The second-order valence-corrected chi connectivity index (χ2v) is 6.64. The van der Waals surface area contributed by atoms with Crippen LogP contribution in [-0.4, -0.2) is 19.3 Å². The minimum atomic E-state index is -4.25. The largest absolute Gasteiger partial charge is 0.316 e. The number of aryl methyl sites for hydroxylation is 1. The van der Waals surface area contributed by atoms with E-state index in [1.165, 1.54) is 16.7 Å². The number of thiazole rings is 1. The van der Waals surface area contributed by atoms with Crippen molar-refractivity contribution in [2.75, 3.05) is 5.32 Å². The summed E-state index contributed by atoms with van der Waals surface area (Å²) in [6, 6.07) is 1.06. The van der Waals surface area contributed by atoms with Crippen LogP contribution in [-0.2, 0) is 10.0 Å². The van der Waals surface area contributed by atoms with Crippen molar-refractivity contribution in [1.29, 1.82) is 0 Å². The number of carbonyl (C=O) groups excluding carboxylic acids is 1. The Labute approximate surface area is 122 Å². The SMILES string of the molecule is Cc1nc(C(=O)Nc2c(F)cc(S(N)(=O)=O)cc2F)cs1. The first-order valence-electron chi connectivity index (χ1n) is 5.44. The maximum absolute atomic E-state index is 13.7. The average molecular weight is 333 g/mol. The zero-order valence-electron chi connectivity index (χ0n) is 10.6. The fourth-order valence-corrected chi connectivity index (χ4v) is 2.61. The molecule has 21 heavy (non-hydrogen) atoms. The van der Waals surface area contributed by atoms with Crippen LogP contribution in [0.5, 0.6) is 0 Å². The van der Waals surface area contributed by atoms with Gasteiger partial charge in [-0.2, -0.15) is 0 Å². The second kappa shape index (κ2) is 5.47. The third kappa shape index (κ3) is 3.40. The zero-order chi connectivity index (χ0) is 15.8. The number of nitrogens with one attached hydrogen (secondary N) is 1. The Bertz CT molecular complexity index is 795. The lowest BCUT2D eigenvalue weighted by Gasteiger charge is -2.08. The summed E-state index contributed by atoms with van der Waals surface area (Å²) in [4.78, 5) is 14.9. The second-order valence-electron chi connectivity index (χ2n) is 4.01. The standard InChI is InChI=1S/C11H9F2N3O3S2/c1-5-15-9(4-20-5)11(17)16-10-7(12)2-6(3-8(10)13)21(14,18)19/h2-4H,1H3,(H,16,17)(H2,14,18,19). The van der Waals surface area contributed by atoms with Crippen molar-refractivity contribution in [3.05, 3.63) is 39.8 Å². The van der Waals surface area contributed by atoms with Gasteiger partial charge in [-0.1, -0.05) is 0 Å². The maximum atomic E-state index is 13.7. The van der Waals surface area contributed by atoms with Crippen molar-refractivity contribution >= 4 is 33.0 Å². The van der Waals surface area contributed by atoms with Gasteiger partial charge in [0.05, 0.1) is 9.90 Å². The summed E-state index contributed by atoms with van der Waals surface area (Å²) in [6.45, 7) is 1.67. The van der Waals surface area contributed by atoms with Gasteiger partial charge in [0.25, 0.3) is 5.91 Å². The van der Waals surface area contributed by atoms with E-state index in [2.05, 4.69) is 4.98 Å². The molecule has 0 saturated heterocycles. The fourth-order valence-electron chi connectivity index (χ4n) is 1.48. The van der Waals surface area contributed by atoms with Crippen molar-refractivity contribution < 1.29 is 22.0 Å². The van der Waals surface area contributed by atoms with Gasteiger partial charge < -0.3 is 5.32 Å². The number of sulfonamides is 1. The van der Waals surface area contributed by atoms with E-state index < -0.39 is 38.1 Å². The minimum Gasteiger partial charge on any atom is -0.316 e. The molecule has 1 aromatic heterocycles. The molecule has 0 unspecified atom stereocenters. The van der Waals surface area contributed by atoms with Gasteiger partial charge in [0.15, 0.2) is 11.6 Å². The van der Waals surface area contributed by atoms with Crippen LogP contribution in [0.4, 0.5) is 14.5 Å². The molecule has 2 rings (SSSR count). The molecule has 0 spiro atoms. The monoisotopic (exact) mass is 333 g/mol. The Morgan fingerprint density at radius 2 is 1.90 bits per heavy atom. The molecule has 1 heterocycles. The zero-order valence-corrected chi connectivity index (χ0v) is 12.2. The number of primary sulfonamides is 1. The first-order valence-corrected chi connectivity index (χ1v) is 7.86. The van der Waals surface area contributed by atoms with Crippen LogP contribution >= 0.6 is 11.3 Å². The summed E-state index contributed by atoms with van der Waals surface area (Å²) in [5.41, 5.74) is -0.759. The molecule has 0 aliphatic rings. The van der Waals surface area contributed by atoms with Crippen molar-refractivity contribution in [2.24, 2.45) is 5.14 Å². The summed E-state index contributed by atoms with van der Waals surface area (Å²) in [5.74, 6) is -3.31. The van der Waals surface area contributed by atoms with Gasteiger partial charge in [-0.15, -0.1) is 11.3 Å². The number of anilines is 1. The molecule has 6 nitrogen and oxygen atoms in total. The third-order valence-electron chi connectivity index (χ3n) is 2.43. The average Bonchev–Trinajstić information content (AvgIpc) is 2.79. The summed E-state index contributed by atoms with van der Waals surface area (Å²) in [7, 11) is -4.25. The van der Waals surface area contributed by atoms with Crippen LogP contribution in [0.2, 0.25) is 0 Å². The van der Waals surface area contributed by atoms with Gasteiger partial charge in [0.2, 0.25) is 10.0 Å². The highest BCUT2D eigenvalue weighted by Gasteiger charge is 2.19. The molecule has 0 aliphatic carbocycles. The van der Waals surface area contributed by atoms with Crippen LogP contribution in [0.1, 0.15) is 15.5 Å². The Kier molecular flexibility index (Phi) is 4.03. The molecular weight excluding hydrogens is 324 g/mol. The number of amides is 1. The van der Waals surface area contributed by atoms with Gasteiger partial charge in [-0.25, -0.2) is 27.3 Å². The van der Waals surface area contributed by atoms with E-state index in [9.17, 15) is 22.0 Å². The lowest BCUT2D eigenvalue weighted by atomic mass is 10.2. The van der Waals surface area contributed by atoms with Crippen molar-refractivity contribution in [3.63, 3.8) is 0 Å². The fraction of sp³-hybridized carbons (Fsp3) is 0.0909. The minimum absolute atomic E-state index is 0.00632. The Balaban J connectivity index is 2.35. The van der Waals surface area contributed by atoms with Gasteiger partial charge in [0.1, 0.15) is 11.4 Å². The van der Waals surface area contributed by atoms with Crippen molar-refractivity contribution in [3.8, 4) is 0 Å². The lowest BCUT2D eigenvalue weighted by molar-refractivity contribution is 0.102.